The molecule has 0 spiro atoms. The highest BCUT2D eigenvalue weighted by Crippen LogP contribution is 2.34. The van der Waals surface area contributed by atoms with Gasteiger partial charge in [0.2, 0.25) is 0 Å². The van der Waals surface area contributed by atoms with Crippen LogP contribution in [0.1, 0.15) is 44.3 Å². The number of rotatable bonds is 8. The maximum atomic E-state index is 13.6. The van der Waals surface area contributed by atoms with Crippen LogP contribution in [0.5, 0.6) is 0 Å². The second-order valence-electron chi connectivity index (χ2n) is 8.69. The fraction of sp³-hybridized carbons (Fsp3) is 0.259. The Bertz CT molecular complexity index is 1440. The van der Waals surface area contributed by atoms with Gasteiger partial charge < -0.3 is 14.6 Å². The number of furan rings is 1. The van der Waals surface area contributed by atoms with Gasteiger partial charge in [0.25, 0.3) is 11.8 Å². The molecule has 1 N–H and O–H groups in total. The van der Waals surface area contributed by atoms with Crippen molar-refractivity contribution in [2.45, 2.75) is 19.8 Å². The predicted molar refractivity (Wildman–Crippen MR) is 134 cm³/mol. The number of nitrogens with one attached hydrogen (secondary N) is 1. The molecule has 2 aromatic heterocycles. The molecule has 8 heteroatoms. The van der Waals surface area contributed by atoms with Crippen LogP contribution in [0.25, 0.3) is 21.4 Å². The summed E-state index contributed by atoms with van der Waals surface area (Å²) in [6, 6.07) is 16.5. The quantitative estimate of drug-likeness (QED) is 0.379. The molecule has 0 bridgehead atoms. The predicted octanol–water partition coefficient (Wildman–Crippen LogP) is 5.02. The average molecular weight is 485 g/mol. The van der Waals surface area contributed by atoms with Gasteiger partial charge in [-0.2, -0.15) is 5.26 Å². The highest BCUT2D eigenvalue weighted by Gasteiger charge is 2.30. The molecule has 2 heterocycles. The number of nitriles is 1. The van der Waals surface area contributed by atoms with Crippen LogP contribution in [0, 0.1) is 24.2 Å². The molecule has 4 aromatic rings. The molecule has 35 heavy (non-hydrogen) atoms. The van der Waals surface area contributed by atoms with Crippen LogP contribution in [0.3, 0.4) is 0 Å². The Morgan fingerprint density at radius 3 is 2.86 bits per heavy atom. The number of fused-ring (bicyclic) bond motifs is 1. The number of aromatic nitrogens is 1. The van der Waals surface area contributed by atoms with Gasteiger partial charge in [-0.05, 0) is 61.6 Å². The summed E-state index contributed by atoms with van der Waals surface area (Å²) >= 11 is 1.45. The van der Waals surface area contributed by atoms with Crippen molar-refractivity contribution < 1.29 is 14.0 Å². The standard InChI is InChI=1S/C27H24N4O3S/c1-17-30-24(25(35-17)20-5-2-4-19(14-20)15-28)27(33)31(16-18-8-9-18)12-11-29-26(32)22-6-3-7-23-21(22)10-13-34-23/h2-7,10,13-14,18H,8-9,11-12,16H2,1H3,(H,29,32). The number of carbonyl (C=O) groups is 2. The summed E-state index contributed by atoms with van der Waals surface area (Å²) in [4.78, 5) is 33.6. The normalized spacial score (nSPS) is 12.9. The minimum atomic E-state index is -0.200. The molecule has 0 aliphatic heterocycles. The first-order valence-corrected chi connectivity index (χ1v) is 12.4. The van der Waals surface area contributed by atoms with E-state index in [-0.39, 0.29) is 11.8 Å². The minimum absolute atomic E-state index is 0.148. The molecule has 0 unspecified atom stereocenters. The Kier molecular flexibility index (Phi) is 6.34. The summed E-state index contributed by atoms with van der Waals surface area (Å²) in [5.74, 6) is 0.138. The van der Waals surface area contributed by atoms with E-state index in [2.05, 4.69) is 16.4 Å². The largest absolute Gasteiger partial charge is 0.464 e. The van der Waals surface area contributed by atoms with Gasteiger partial charge in [0.1, 0.15) is 11.3 Å². The zero-order valence-electron chi connectivity index (χ0n) is 19.3. The maximum absolute atomic E-state index is 13.6. The van der Waals surface area contributed by atoms with Crippen LogP contribution < -0.4 is 5.32 Å². The van der Waals surface area contributed by atoms with E-state index in [0.717, 1.165) is 33.7 Å². The van der Waals surface area contributed by atoms with Crippen molar-refractivity contribution in [3.05, 3.63) is 76.6 Å². The second kappa shape index (κ2) is 9.72. The van der Waals surface area contributed by atoms with Gasteiger partial charge in [-0.25, -0.2) is 4.98 Å². The molecule has 0 atom stereocenters. The monoisotopic (exact) mass is 484 g/mol. The van der Waals surface area contributed by atoms with Gasteiger partial charge >= 0.3 is 0 Å². The molecule has 1 aliphatic rings. The first kappa shape index (κ1) is 22.8. The van der Waals surface area contributed by atoms with Gasteiger partial charge in [-0.1, -0.05) is 18.2 Å². The topological polar surface area (TPSA) is 99.2 Å². The molecule has 176 valence electrons. The lowest BCUT2D eigenvalue weighted by molar-refractivity contribution is 0.0737. The summed E-state index contributed by atoms with van der Waals surface area (Å²) in [6.07, 6.45) is 3.77. The Labute approximate surface area is 207 Å². The number of hydrogen-bond donors (Lipinski definition) is 1. The van der Waals surface area contributed by atoms with Crippen molar-refractivity contribution in [3.63, 3.8) is 0 Å². The van der Waals surface area contributed by atoms with E-state index in [4.69, 9.17) is 4.42 Å². The zero-order valence-corrected chi connectivity index (χ0v) is 20.1. The number of thiazole rings is 1. The van der Waals surface area contributed by atoms with Gasteiger partial charge in [-0.3, -0.25) is 9.59 Å². The summed E-state index contributed by atoms with van der Waals surface area (Å²) in [6.45, 7) is 3.23. The first-order valence-electron chi connectivity index (χ1n) is 11.5. The van der Waals surface area contributed by atoms with Crippen LogP contribution in [0.15, 0.2) is 59.2 Å². The lowest BCUT2D eigenvalue weighted by Crippen LogP contribution is -2.40. The van der Waals surface area contributed by atoms with E-state index in [0.29, 0.717) is 48.0 Å². The number of carbonyl (C=O) groups excluding carboxylic acids is 2. The molecule has 5 rings (SSSR count). The van der Waals surface area contributed by atoms with Crippen LogP contribution in [-0.4, -0.2) is 41.3 Å². The van der Waals surface area contributed by atoms with Crippen LogP contribution in [-0.2, 0) is 0 Å². The molecule has 1 fully saturated rings. The fourth-order valence-corrected chi connectivity index (χ4v) is 5.03. The molecule has 2 aromatic carbocycles. The average Bonchev–Trinajstić information content (AvgIpc) is 3.40. The van der Waals surface area contributed by atoms with Crippen LogP contribution in [0.2, 0.25) is 0 Å². The fourth-order valence-electron chi connectivity index (χ4n) is 4.13. The SMILES string of the molecule is Cc1nc(C(=O)N(CCNC(=O)c2cccc3occc23)CC2CC2)c(-c2cccc(C#N)c2)s1. The molecule has 2 amide bonds. The van der Waals surface area contributed by atoms with E-state index in [9.17, 15) is 14.9 Å². The van der Waals surface area contributed by atoms with E-state index in [1.807, 2.05) is 25.1 Å². The van der Waals surface area contributed by atoms with Crippen molar-refractivity contribution in [1.29, 1.82) is 5.26 Å². The highest BCUT2D eigenvalue weighted by molar-refractivity contribution is 7.15. The van der Waals surface area contributed by atoms with Crippen molar-refractivity contribution in [2.75, 3.05) is 19.6 Å². The molecule has 7 nitrogen and oxygen atoms in total. The van der Waals surface area contributed by atoms with Crippen molar-refractivity contribution >= 4 is 34.1 Å². The van der Waals surface area contributed by atoms with E-state index in [1.54, 1.807) is 41.5 Å². The summed E-state index contributed by atoms with van der Waals surface area (Å²) in [5.41, 5.74) is 2.96. The number of nitrogens with zero attached hydrogens (tertiary/aromatic N) is 3. The zero-order chi connectivity index (χ0) is 24.4. The third-order valence-electron chi connectivity index (χ3n) is 6.06. The van der Waals surface area contributed by atoms with E-state index in [1.165, 1.54) is 11.3 Å². The molecule has 1 aliphatic carbocycles. The van der Waals surface area contributed by atoms with Gasteiger partial charge in [0.15, 0.2) is 0 Å². The van der Waals surface area contributed by atoms with E-state index >= 15 is 0 Å². The number of hydrogen-bond acceptors (Lipinski definition) is 6. The molecular weight excluding hydrogens is 460 g/mol. The van der Waals surface area contributed by atoms with Crippen molar-refractivity contribution in [2.24, 2.45) is 5.92 Å². The highest BCUT2D eigenvalue weighted by atomic mass is 32.1. The summed E-state index contributed by atoms with van der Waals surface area (Å²) < 4.78 is 5.39. The Morgan fingerprint density at radius 1 is 1.23 bits per heavy atom. The molecular formula is C27H24N4O3S. The number of benzene rings is 2. The van der Waals surface area contributed by atoms with E-state index < -0.39 is 0 Å². The van der Waals surface area contributed by atoms with Crippen LogP contribution in [0.4, 0.5) is 0 Å². The minimum Gasteiger partial charge on any atom is -0.464 e. The first-order chi connectivity index (χ1) is 17.0. The third-order valence-corrected chi connectivity index (χ3v) is 7.08. The number of amides is 2. The van der Waals surface area contributed by atoms with Gasteiger partial charge in [0, 0.05) is 25.0 Å². The smallest absolute Gasteiger partial charge is 0.274 e. The Balaban J connectivity index is 1.33. The lowest BCUT2D eigenvalue weighted by Gasteiger charge is -2.22. The van der Waals surface area contributed by atoms with Crippen molar-refractivity contribution in [3.8, 4) is 16.5 Å². The third kappa shape index (κ3) is 4.96. The molecule has 1 saturated carbocycles. The van der Waals surface area contributed by atoms with Crippen molar-refractivity contribution in [1.82, 2.24) is 15.2 Å². The number of aryl methyl sites for hydroxylation is 1. The molecule has 0 radical (unpaired) electrons. The Hall–Kier alpha value is -3.96. The lowest BCUT2D eigenvalue weighted by atomic mass is 10.1. The van der Waals surface area contributed by atoms with Gasteiger partial charge in [-0.15, -0.1) is 11.3 Å². The molecule has 0 saturated heterocycles. The second-order valence-corrected chi connectivity index (χ2v) is 9.89. The summed E-state index contributed by atoms with van der Waals surface area (Å²) in [7, 11) is 0. The Morgan fingerprint density at radius 2 is 2.06 bits per heavy atom. The summed E-state index contributed by atoms with van der Waals surface area (Å²) in [5, 5.41) is 13.8. The van der Waals surface area contributed by atoms with Crippen LogP contribution >= 0.6 is 11.3 Å². The van der Waals surface area contributed by atoms with Gasteiger partial charge in [0.05, 0.1) is 33.3 Å². The maximum Gasteiger partial charge on any atom is 0.274 e.